The fraction of sp³-hybridized carbons (Fsp3) is 0.176. The van der Waals surface area contributed by atoms with Crippen molar-refractivity contribution in [3.05, 3.63) is 61.2 Å². The van der Waals surface area contributed by atoms with Crippen molar-refractivity contribution < 1.29 is 50.8 Å². The summed E-state index contributed by atoms with van der Waals surface area (Å²) in [5.74, 6) is -3.72. The van der Waals surface area contributed by atoms with Crippen molar-refractivity contribution in [3.63, 3.8) is 0 Å². The van der Waals surface area contributed by atoms with Crippen molar-refractivity contribution >= 4 is 50.3 Å². The van der Waals surface area contributed by atoms with Gasteiger partial charge in [-0.1, -0.05) is 0 Å². The van der Waals surface area contributed by atoms with Gasteiger partial charge >= 0.3 is 27.3 Å². The van der Waals surface area contributed by atoms with E-state index in [0.717, 1.165) is 12.1 Å². The van der Waals surface area contributed by atoms with Crippen molar-refractivity contribution in [2.75, 3.05) is 0 Å². The van der Waals surface area contributed by atoms with Gasteiger partial charge in [-0.2, -0.15) is 17.2 Å². The number of nitrogens with zero attached hydrogens (tertiary/aromatic N) is 1. The monoisotopic (exact) mass is 587 g/mol. The lowest BCUT2D eigenvalue weighted by atomic mass is 10.1. The molecule has 0 aliphatic rings. The normalized spacial score (nSPS) is 12.7. The van der Waals surface area contributed by atoms with Gasteiger partial charge in [-0.15, -0.1) is 0 Å². The Morgan fingerprint density at radius 3 is 2.34 bits per heavy atom. The van der Waals surface area contributed by atoms with Gasteiger partial charge < -0.3 is 14.6 Å². The van der Waals surface area contributed by atoms with Gasteiger partial charge in [-0.05, 0) is 53.8 Å². The first kappa shape index (κ1) is 25.3. The van der Waals surface area contributed by atoms with Crippen molar-refractivity contribution in [2.24, 2.45) is 0 Å². The minimum absolute atomic E-state index is 0.263. The number of carbonyl (C=O) groups excluding carboxylic acids is 2. The first-order valence-electron chi connectivity index (χ1n) is 8.20. The molecule has 0 aliphatic heterocycles. The maximum absolute atomic E-state index is 13.6. The zero-order valence-corrected chi connectivity index (χ0v) is 18.7. The number of rotatable bonds is 7. The van der Waals surface area contributed by atoms with Gasteiger partial charge in [0.05, 0.1) is 4.92 Å². The number of hydrogen-bond donors (Lipinski definition) is 2. The number of nitro groups is 1. The summed E-state index contributed by atoms with van der Waals surface area (Å²) >= 11 is 1.86. The Morgan fingerprint density at radius 1 is 1.16 bits per heavy atom. The van der Waals surface area contributed by atoms with Crippen LogP contribution in [0.15, 0.2) is 36.4 Å². The highest BCUT2D eigenvalue weighted by Gasteiger charge is 2.52. The summed E-state index contributed by atoms with van der Waals surface area (Å²) in [5, 5.41) is 16.1. The first-order chi connectivity index (χ1) is 14.6. The molecule has 0 fully saturated rings. The smallest absolute Gasteiger partial charge is 0.405 e. The predicted molar refractivity (Wildman–Crippen MR) is 110 cm³/mol. The Bertz CT molecular complexity index is 1200. The Balaban J connectivity index is 2.37. The Labute approximate surface area is 192 Å². The average Bonchev–Trinajstić information content (AvgIpc) is 2.68. The molecule has 0 heterocycles. The minimum Gasteiger partial charge on any atom is -0.507 e. The number of nitro benzene ring substituents is 1. The quantitative estimate of drug-likeness (QED) is 0.123. The second-order valence-electron chi connectivity index (χ2n) is 6.07. The Kier molecular flexibility index (Phi) is 7.36. The van der Waals surface area contributed by atoms with Crippen LogP contribution in [-0.2, 0) is 14.9 Å². The third-order valence-corrected chi connectivity index (χ3v) is 5.57. The molecule has 0 bridgehead atoms. The van der Waals surface area contributed by atoms with Gasteiger partial charge in [-0.3, -0.25) is 14.7 Å². The SMILES string of the molecule is CC(OC(=O)c1cc(OC(=O)c2cc(I)ccc2O)ccc1[N+](=O)[O-])C(F)(F)S(=O)(=O)O. The van der Waals surface area contributed by atoms with Crippen molar-refractivity contribution in [1.29, 1.82) is 0 Å². The lowest BCUT2D eigenvalue weighted by Crippen LogP contribution is -2.42. The van der Waals surface area contributed by atoms with Crippen LogP contribution in [0.1, 0.15) is 27.6 Å². The molecule has 1 atom stereocenters. The molecule has 2 aromatic rings. The molecule has 11 nitrogen and oxygen atoms in total. The Morgan fingerprint density at radius 2 is 1.78 bits per heavy atom. The van der Waals surface area contributed by atoms with E-state index in [1.54, 1.807) is 0 Å². The summed E-state index contributed by atoms with van der Waals surface area (Å²) in [6.45, 7) is 0.446. The molecule has 2 aromatic carbocycles. The lowest BCUT2D eigenvalue weighted by molar-refractivity contribution is -0.385. The molecule has 0 amide bonds. The molecular formula is C17H12F2INO10S. The van der Waals surface area contributed by atoms with E-state index in [1.165, 1.54) is 18.2 Å². The summed E-state index contributed by atoms with van der Waals surface area (Å²) in [7, 11) is -5.96. The minimum atomic E-state index is -5.96. The molecular weight excluding hydrogens is 575 g/mol. The van der Waals surface area contributed by atoms with Gasteiger partial charge in [0, 0.05) is 15.7 Å². The molecule has 2 rings (SSSR count). The zero-order chi connectivity index (χ0) is 24.4. The topological polar surface area (TPSA) is 170 Å². The fourth-order valence-electron chi connectivity index (χ4n) is 2.24. The molecule has 15 heteroatoms. The van der Waals surface area contributed by atoms with Crippen molar-refractivity contribution in [1.82, 2.24) is 0 Å². The fourth-order valence-corrected chi connectivity index (χ4v) is 3.20. The number of hydrogen-bond acceptors (Lipinski definition) is 9. The van der Waals surface area contributed by atoms with Gasteiger partial charge in [0.1, 0.15) is 22.6 Å². The second-order valence-corrected chi connectivity index (χ2v) is 8.81. The number of alkyl halides is 2. The zero-order valence-electron chi connectivity index (χ0n) is 15.7. The van der Waals surface area contributed by atoms with E-state index in [9.17, 15) is 42.0 Å². The highest BCUT2D eigenvalue weighted by atomic mass is 127. The molecule has 1 unspecified atom stereocenters. The van der Waals surface area contributed by atoms with Crippen LogP contribution in [0.2, 0.25) is 0 Å². The number of halogens is 3. The van der Waals surface area contributed by atoms with Gasteiger partial charge in [0.25, 0.3) is 5.69 Å². The van der Waals surface area contributed by atoms with E-state index in [0.29, 0.717) is 16.6 Å². The summed E-state index contributed by atoms with van der Waals surface area (Å²) < 4.78 is 67.2. The standard InChI is InChI=1S/C17H12F2INO10S/c1-8(17(18,19)32(27,28)29)30-15(23)11-7-10(3-4-13(11)21(25)26)31-16(24)12-6-9(20)2-5-14(12)22/h2-8,22H,1H3,(H,27,28,29). The highest BCUT2D eigenvalue weighted by molar-refractivity contribution is 14.1. The van der Waals surface area contributed by atoms with E-state index in [-0.39, 0.29) is 5.56 Å². The van der Waals surface area contributed by atoms with Crippen molar-refractivity contribution in [3.8, 4) is 11.5 Å². The van der Waals surface area contributed by atoms with Crippen LogP contribution in [0.4, 0.5) is 14.5 Å². The van der Waals surface area contributed by atoms with Gasteiger partial charge in [0.15, 0.2) is 6.10 Å². The molecule has 32 heavy (non-hydrogen) atoms. The summed E-state index contributed by atoms with van der Waals surface area (Å²) in [4.78, 5) is 34.6. The maximum Gasteiger partial charge on any atom is 0.405 e. The van der Waals surface area contributed by atoms with Gasteiger partial charge in [0.2, 0.25) is 0 Å². The Hall–Kier alpha value is -2.92. The number of esters is 2. The van der Waals surface area contributed by atoms with E-state index in [4.69, 9.17) is 9.29 Å². The van der Waals surface area contributed by atoms with E-state index < -0.39 is 61.1 Å². The molecule has 0 spiro atoms. The summed E-state index contributed by atoms with van der Waals surface area (Å²) in [6.07, 6.45) is -2.72. The number of aromatic hydroxyl groups is 1. The molecule has 0 aliphatic carbocycles. The van der Waals surface area contributed by atoms with E-state index in [1.807, 2.05) is 22.6 Å². The van der Waals surface area contributed by atoms with Crippen LogP contribution in [0.3, 0.4) is 0 Å². The largest absolute Gasteiger partial charge is 0.507 e. The summed E-state index contributed by atoms with van der Waals surface area (Å²) in [6, 6.07) is 6.27. The molecule has 0 radical (unpaired) electrons. The second kappa shape index (κ2) is 9.29. The van der Waals surface area contributed by atoms with Crippen LogP contribution >= 0.6 is 22.6 Å². The molecule has 0 aromatic heterocycles. The summed E-state index contributed by atoms with van der Waals surface area (Å²) in [5.41, 5.74) is -2.12. The van der Waals surface area contributed by atoms with E-state index in [2.05, 4.69) is 4.74 Å². The van der Waals surface area contributed by atoms with Gasteiger partial charge in [-0.25, -0.2) is 9.59 Å². The first-order valence-corrected chi connectivity index (χ1v) is 10.7. The van der Waals surface area contributed by atoms with Crippen LogP contribution in [0.5, 0.6) is 11.5 Å². The average molecular weight is 587 g/mol. The van der Waals surface area contributed by atoms with Crippen LogP contribution < -0.4 is 4.74 Å². The third kappa shape index (κ3) is 5.46. The number of benzene rings is 2. The molecule has 172 valence electrons. The number of carbonyl (C=O) groups is 2. The van der Waals surface area contributed by atoms with Crippen LogP contribution in [0.25, 0.3) is 0 Å². The number of phenolic OH excluding ortho intramolecular Hbond substituents is 1. The molecule has 2 N–H and O–H groups in total. The predicted octanol–water partition coefficient (Wildman–Crippen LogP) is 3.15. The third-order valence-electron chi connectivity index (χ3n) is 3.87. The highest BCUT2D eigenvalue weighted by Crippen LogP contribution is 2.31. The van der Waals surface area contributed by atoms with Crippen LogP contribution in [-0.4, -0.2) is 46.3 Å². The molecule has 0 saturated heterocycles. The van der Waals surface area contributed by atoms with E-state index >= 15 is 0 Å². The van der Waals surface area contributed by atoms with Crippen LogP contribution in [0, 0.1) is 13.7 Å². The number of ether oxygens (including phenoxy) is 2. The lowest BCUT2D eigenvalue weighted by Gasteiger charge is -2.20. The molecule has 0 saturated carbocycles. The maximum atomic E-state index is 13.6. The number of phenols is 1. The van der Waals surface area contributed by atoms with Crippen molar-refractivity contribution in [2.45, 2.75) is 18.3 Å².